The Morgan fingerprint density at radius 2 is 1.68 bits per heavy atom. The van der Waals surface area contributed by atoms with Crippen molar-refractivity contribution >= 4 is 0 Å². The zero-order valence-electron chi connectivity index (χ0n) is 17.1. The van der Waals surface area contributed by atoms with Crippen molar-refractivity contribution in [2.24, 2.45) is 46.3 Å². The molecule has 8 atom stereocenters. The standard InChI is InChI=1S/C24H42O/c1-17(7-6-16-25)20-11-12-21-19-10-9-18-8-4-5-14-23(18,2)22(19)13-15-24(20,21)3/h17-22,25H,4-16H2,1-3H3/t17-,18+,19+,20-,21+,22+,23+,24-/m1/s1. The Kier molecular flexibility index (Phi) is 5.02. The largest absolute Gasteiger partial charge is 0.396 e. The van der Waals surface area contributed by atoms with Crippen LogP contribution in [0.2, 0.25) is 0 Å². The summed E-state index contributed by atoms with van der Waals surface area (Å²) < 4.78 is 0. The minimum absolute atomic E-state index is 0.377. The molecule has 4 aliphatic carbocycles. The van der Waals surface area contributed by atoms with Crippen LogP contribution in [0.5, 0.6) is 0 Å². The molecule has 25 heavy (non-hydrogen) atoms. The molecule has 4 rings (SSSR count). The van der Waals surface area contributed by atoms with Crippen LogP contribution < -0.4 is 0 Å². The lowest BCUT2D eigenvalue weighted by Gasteiger charge is -2.61. The van der Waals surface area contributed by atoms with Crippen molar-refractivity contribution in [2.45, 2.75) is 97.8 Å². The second kappa shape index (κ2) is 6.84. The summed E-state index contributed by atoms with van der Waals surface area (Å²) in [6.45, 7) is 8.24. The van der Waals surface area contributed by atoms with E-state index in [1.165, 1.54) is 64.2 Å². The molecule has 4 aliphatic rings. The van der Waals surface area contributed by atoms with Crippen LogP contribution in [-0.2, 0) is 0 Å². The Morgan fingerprint density at radius 1 is 0.880 bits per heavy atom. The molecule has 0 aliphatic heterocycles. The SMILES string of the molecule is C[C@H](CCCO)[C@H]1CC[C@H]2[C@@H]3CC[C@@H]4CCCC[C@]4(C)[C@H]3CC[C@]12C. The van der Waals surface area contributed by atoms with E-state index < -0.39 is 0 Å². The summed E-state index contributed by atoms with van der Waals surface area (Å²) in [4.78, 5) is 0. The minimum Gasteiger partial charge on any atom is -0.396 e. The number of hydrogen-bond acceptors (Lipinski definition) is 1. The molecular formula is C24H42O. The van der Waals surface area contributed by atoms with Gasteiger partial charge >= 0.3 is 0 Å². The maximum absolute atomic E-state index is 9.25. The fraction of sp³-hybridized carbons (Fsp3) is 1.00. The number of aliphatic hydroxyl groups excluding tert-OH is 1. The highest BCUT2D eigenvalue weighted by Crippen LogP contribution is 2.68. The summed E-state index contributed by atoms with van der Waals surface area (Å²) >= 11 is 0. The average molecular weight is 347 g/mol. The first-order valence-electron chi connectivity index (χ1n) is 11.6. The molecule has 0 heterocycles. The summed E-state index contributed by atoms with van der Waals surface area (Å²) in [5.74, 6) is 5.85. The Labute approximate surface area is 156 Å². The van der Waals surface area contributed by atoms with E-state index in [1.54, 1.807) is 6.42 Å². The van der Waals surface area contributed by atoms with Crippen LogP contribution in [0.3, 0.4) is 0 Å². The van der Waals surface area contributed by atoms with Crippen LogP contribution >= 0.6 is 0 Å². The van der Waals surface area contributed by atoms with Gasteiger partial charge in [0.2, 0.25) is 0 Å². The fourth-order valence-corrected chi connectivity index (χ4v) is 8.88. The third-order valence-electron chi connectivity index (χ3n) is 10.2. The Hall–Kier alpha value is -0.0400. The van der Waals surface area contributed by atoms with Gasteiger partial charge in [0.05, 0.1) is 0 Å². The van der Waals surface area contributed by atoms with Crippen LogP contribution in [0.25, 0.3) is 0 Å². The van der Waals surface area contributed by atoms with Crippen LogP contribution in [0.4, 0.5) is 0 Å². The molecule has 0 radical (unpaired) electrons. The van der Waals surface area contributed by atoms with Crippen LogP contribution in [0.15, 0.2) is 0 Å². The number of fused-ring (bicyclic) bond motifs is 5. The van der Waals surface area contributed by atoms with Gasteiger partial charge in [-0.2, -0.15) is 0 Å². The van der Waals surface area contributed by atoms with E-state index in [1.807, 2.05) is 0 Å². The maximum atomic E-state index is 9.25. The minimum atomic E-state index is 0.377. The molecule has 0 unspecified atom stereocenters. The smallest absolute Gasteiger partial charge is 0.0431 e. The van der Waals surface area contributed by atoms with Crippen molar-refractivity contribution in [2.75, 3.05) is 6.61 Å². The van der Waals surface area contributed by atoms with Gasteiger partial charge in [0.1, 0.15) is 0 Å². The first-order valence-corrected chi connectivity index (χ1v) is 11.6. The summed E-state index contributed by atoms with van der Waals surface area (Å²) in [6.07, 6.45) is 17.4. The predicted octanol–water partition coefficient (Wildman–Crippen LogP) is 6.44. The second-order valence-corrected chi connectivity index (χ2v) is 11.0. The van der Waals surface area contributed by atoms with Crippen molar-refractivity contribution in [1.82, 2.24) is 0 Å². The molecule has 0 aromatic rings. The van der Waals surface area contributed by atoms with E-state index in [9.17, 15) is 5.11 Å². The van der Waals surface area contributed by atoms with Crippen LogP contribution in [-0.4, -0.2) is 11.7 Å². The Morgan fingerprint density at radius 3 is 2.48 bits per heavy atom. The molecular weight excluding hydrogens is 304 g/mol. The number of hydrogen-bond donors (Lipinski definition) is 1. The van der Waals surface area contributed by atoms with Gasteiger partial charge in [0, 0.05) is 6.61 Å². The van der Waals surface area contributed by atoms with E-state index in [2.05, 4.69) is 20.8 Å². The quantitative estimate of drug-likeness (QED) is 0.620. The predicted molar refractivity (Wildman–Crippen MR) is 105 cm³/mol. The average Bonchev–Trinajstić information content (AvgIpc) is 2.96. The molecule has 1 nitrogen and oxygen atoms in total. The fourth-order valence-electron chi connectivity index (χ4n) is 8.88. The molecule has 0 aromatic heterocycles. The zero-order chi connectivity index (χ0) is 17.7. The summed E-state index contributed by atoms with van der Waals surface area (Å²) in [6, 6.07) is 0. The van der Waals surface area contributed by atoms with E-state index in [-0.39, 0.29) is 0 Å². The van der Waals surface area contributed by atoms with E-state index in [0.29, 0.717) is 17.4 Å². The lowest BCUT2D eigenvalue weighted by molar-refractivity contribution is -0.114. The van der Waals surface area contributed by atoms with Crippen LogP contribution in [0.1, 0.15) is 97.8 Å². The van der Waals surface area contributed by atoms with Crippen molar-refractivity contribution in [3.8, 4) is 0 Å². The van der Waals surface area contributed by atoms with Gasteiger partial charge in [-0.3, -0.25) is 0 Å². The molecule has 0 spiro atoms. The lowest BCUT2D eigenvalue weighted by Crippen LogP contribution is -2.53. The Bertz CT molecular complexity index is 473. The molecule has 0 bridgehead atoms. The molecule has 0 saturated heterocycles. The third kappa shape index (κ3) is 2.82. The summed E-state index contributed by atoms with van der Waals surface area (Å²) in [5, 5.41) is 9.25. The van der Waals surface area contributed by atoms with Crippen LogP contribution in [0, 0.1) is 46.3 Å². The highest BCUT2D eigenvalue weighted by atomic mass is 16.2. The molecule has 0 amide bonds. The van der Waals surface area contributed by atoms with Gasteiger partial charge in [-0.15, -0.1) is 0 Å². The highest BCUT2D eigenvalue weighted by molar-refractivity contribution is 5.09. The van der Waals surface area contributed by atoms with Crippen molar-refractivity contribution < 1.29 is 5.11 Å². The normalized spacial score (nSPS) is 50.6. The topological polar surface area (TPSA) is 20.2 Å². The lowest BCUT2D eigenvalue weighted by atomic mass is 9.44. The Balaban J connectivity index is 1.53. The molecule has 1 N–H and O–H groups in total. The van der Waals surface area contributed by atoms with E-state index in [0.717, 1.165) is 41.9 Å². The molecule has 1 heteroatoms. The molecule has 4 fully saturated rings. The number of aliphatic hydroxyl groups is 1. The van der Waals surface area contributed by atoms with Gasteiger partial charge < -0.3 is 5.11 Å². The summed E-state index contributed by atoms with van der Waals surface area (Å²) in [7, 11) is 0. The molecule has 4 saturated carbocycles. The molecule has 144 valence electrons. The number of rotatable bonds is 4. The molecule has 0 aromatic carbocycles. The van der Waals surface area contributed by atoms with Gasteiger partial charge in [0.15, 0.2) is 0 Å². The first kappa shape index (κ1) is 18.3. The monoisotopic (exact) mass is 346 g/mol. The highest BCUT2D eigenvalue weighted by Gasteiger charge is 2.59. The zero-order valence-corrected chi connectivity index (χ0v) is 17.1. The van der Waals surface area contributed by atoms with Gasteiger partial charge in [0.25, 0.3) is 0 Å². The maximum Gasteiger partial charge on any atom is 0.0431 e. The van der Waals surface area contributed by atoms with Gasteiger partial charge in [-0.05, 0) is 111 Å². The third-order valence-corrected chi connectivity index (χ3v) is 10.2. The van der Waals surface area contributed by atoms with Crippen molar-refractivity contribution in [3.63, 3.8) is 0 Å². The van der Waals surface area contributed by atoms with Crippen molar-refractivity contribution in [1.29, 1.82) is 0 Å². The summed E-state index contributed by atoms with van der Waals surface area (Å²) in [5.41, 5.74) is 1.29. The van der Waals surface area contributed by atoms with Gasteiger partial charge in [-0.25, -0.2) is 0 Å². The van der Waals surface area contributed by atoms with E-state index >= 15 is 0 Å². The first-order chi connectivity index (χ1) is 12.0. The second-order valence-electron chi connectivity index (χ2n) is 11.0. The van der Waals surface area contributed by atoms with E-state index in [4.69, 9.17) is 0 Å². The van der Waals surface area contributed by atoms with Gasteiger partial charge in [-0.1, -0.05) is 33.6 Å². The van der Waals surface area contributed by atoms with Crippen molar-refractivity contribution in [3.05, 3.63) is 0 Å².